The third-order valence-corrected chi connectivity index (χ3v) is 4.37. The minimum absolute atomic E-state index is 0.123. The van der Waals surface area contributed by atoms with Gasteiger partial charge in [-0.3, -0.25) is 0 Å². The fraction of sp³-hybridized carbons (Fsp3) is 0.136. The second-order valence-electron chi connectivity index (χ2n) is 6.23. The van der Waals surface area contributed by atoms with Gasteiger partial charge in [-0.05, 0) is 55.5 Å². The van der Waals surface area contributed by atoms with Crippen LogP contribution in [-0.2, 0) is 0 Å². The van der Waals surface area contributed by atoms with Crippen LogP contribution in [0.2, 0.25) is 0 Å². The third kappa shape index (κ3) is 4.08. The predicted octanol–water partition coefficient (Wildman–Crippen LogP) is 5.79. The average molecular weight is 363 g/mol. The molecule has 2 aromatic carbocycles. The van der Waals surface area contributed by atoms with Crippen LogP contribution in [0, 0.1) is 12.7 Å². The van der Waals surface area contributed by atoms with Crippen LogP contribution in [0.15, 0.2) is 59.4 Å². The lowest BCUT2D eigenvalue weighted by Gasteiger charge is -2.08. The second kappa shape index (κ2) is 7.91. The minimum Gasteiger partial charge on any atom is -0.493 e. The van der Waals surface area contributed by atoms with Crippen molar-refractivity contribution in [2.75, 3.05) is 11.9 Å². The number of aliphatic imine (C=N–C) groups is 1. The lowest BCUT2D eigenvalue weighted by Crippen LogP contribution is -1.99. The zero-order valence-corrected chi connectivity index (χ0v) is 15.4. The van der Waals surface area contributed by atoms with E-state index in [0.717, 1.165) is 33.6 Å². The number of aryl methyl sites for hydroxylation is 1. The summed E-state index contributed by atoms with van der Waals surface area (Å²) in [4.78, 5) is 6.79. The summed E-state index contributed by atoms with van der Waals surface area (Å²) in [6.07, 6.45) is 1.56. The number of aliphatic hydroxyl groups excluding tert-OH is 1. The molecule has 0 aliphatic heterocycles. The number of nitrogens with zero attached hydrogens (tertiary/aromatic N) is 1. The van der Waals surface area contributed by atoms with Crippen LogP contribution in [0.4, 0.5) is 10.1 Å². The highest BCUT2D eigenvalue weighted by molar-refractivity contribution is 5.72. The second-order valence-corrected chi connectivity index (χ2v) is 6.23. The van der Waals surface area contributed by atoms with Gasteiger partial charge in [-0.25, -0.2) is 9.38 Å². The van der Waals surface area contributed by atoms with Gasteiger partial charge in [-0.2, -0.15) is 0 Å². The SMILES string of the molecule is C=N/C(O)=C\c1cc(-c2ccc(-c3ccc(NCC)c(F)c3)cc2)[nH]c1C. The highest BCUT2D eigenvalue weighted by atomic mass is 19.1. The molecule has 27 heavy (non-hydrogen) atoms. The van der Waals surface area contributed by atoms with E-state index in [4.69, 9.17) is 0 Å². The largest absolute Gasteiger partial charge is 0.493 e. The number of halogens is 1. The molecule has 0 spiro atoms. The molecule has 138 valence electrons. The summed E-state index contributed by atoms with van der Waals surface area (Å²) in [6.45, 7) is 7.84. The van der Waals surface area contributed by atoms with Crippen molar-refractivity contribution in [3.05, 3.63) is 71.5 Å². The summed E-state index contributed by atoms with van der Waals surface area (Å²) >= 11 is 0. The zero-order valence-electron chi connectivity index (χ0n) is 15.4. The lowest BCUT2D eigenvalue weighted by molar-refractivity contribution is 0.413. The Bertz CT molecular complexity index is 987. The quantitative estimate of drug-likeness (QED) is 0.384. The van der Waals surface area contributed by atoms with Crippen molar-refractivity contribution in [3.8, 4) is 22.4 Å². The Morgan fingerprint density at radius 1 is 1.15 bits per heavy atom. The number of H-pyrrole nitrogens is 1. The smallest absolute Gasteiger partial charge is 0.210 e. The molecule has 0 atom stereocenters. The summed E-state index contributed by atoms with van der Waals surface area (Å²) in [5.41, 5.74) is 5.97. The van der Waals surface area contributed by atoms with Crippen molar-refractivity contribution in [3.63, 3.8) is 0 Å². The van der Waals surface area contributed by atoms with Crippen molar-refractivity contribution in [2.45, 2.75) is 13.8 Å². The Morgan fingerprint density at radius 3 is 2.44 bits per heavy atom. The van der Waals surface area contributed by atoms with Gasteiger partial charge >= 0.3 is 0 Å². The van der Waals surface area contributed by atoms with Crippen LogP contribution < -0.4 is 5.32 Å². The van der Waals surface area contributed by atoms with E-state index in [2.05, 4.69) is 22.0 Å². The Labute approximate surface area is 158 Å². The molecule has 0 fully saturated rings. The molecule has 3 aromatic rings. The van der Waals surface area contributed by atoms with Gasteiger partial charge in [0.1, 0.15) is 5.82 Å². The van der Waals surface area contributed by atoms with E-state index in [1.165, 1.54) is 0 Å². The molecule has 0 bridgehead atoms. The number of aromatic amines is 1. The van der Waals surface area contributed by atoms with Gasteiger partial charge in [0.2, 0.25) is 5.88 Å². The number of aliphatic hydroxyl groups is 1. The number of anilines is 1. The maximum absolute atomic E-state index is 14.1. The monoisotopic (exact) mass is 363 g/mol. The van der Waals surface area contributed by atoms with E-state index in [-0.39, 0.29) is 11.7 Å². The maximum atomic E-state index is 14.1. The molecular weight excluding hydrogens is 341 g/mol. The maximum Gasteiger partial charge on any atom is 0.210 e. The first-order chi connectivity index (χ1) is 13.0. The van der Waals surface area contributed by atoms with Crippen LogP contribution >= 0.6 is 0 Å². The Hall–Kier alpha value is -3.34. The molecule has 0 aliphatic rings. The van der Waals surface area contributed by atoms with Crippen LogP contribution in [0.25, 0.3) is 28.5 Å². The molecule has 0 amide bonds. The highest BCUT2D eigenvalue weighted by Gasteiger charge is 2.08. The number of rotatable bonds is 6. The van der Waals surface area contributed by atoms with E-state index in [1.54, 1.807) is 18.2 Å². The first-order valence-electron chi connectivity index (χ1n) is 8.73. The molecule has 1 heterocycles. The zero-order chi connectivity index (χ0) is 19.4. The summed E-state index contributed by atoms with van der Waals surface area (Å²) < 4.78 is 14.1. The lowest BCUT2D eigenvalue weighted by atomic mass is 10.0. The molecule has 4 nitrogen and oxygen atoms in total. The van der Waals surface area contributed by atoms with Crippen LogP contribution in [0.1, 0.15) is 18.2 Å². The van der Waals surface area contributed by atoms with Crippen LogP contribution in [-0.4, -0.2) is 23.4 Å². The Balaban J connectivity index is 1.87. The van der Waals surface area contributed by atoms with Crippen LogP contribution in [0.5, 0.6) is 0 Å². The molecule has 0 radical (unpaired) electrons. The van der Waals surface area contributed by atoms with Gasteiger partial charge in [0.25, 0.3) is 0 Å². The fourth-order valence-corrected chi connectivity index (χ4v) is 2.93. The van der Waals surface area contributed by atoms with Crippen molar-refractivity contribution >= 4 is 18.5 Å². The average Bonchev–Trinajstić information content (AvgIpc) is 3.04. The molecule has 0 saturated carbocycles. The van der Waals surface area contributed by atoms with E-state index < -0.39 is 0 Å². The third-order valence-electron chi connectivity index (χ3n) is 4.37. The first-order valence-corrected chi connectivity index (χ1v) is 8.73. The van der Waals surface area contributed by atoms with Gasteiger partial charge in [0.15, 0.2) is 0 Å². The standard InChI is InChI=1S/C22H22FN3O/c1-4-25-20-10-9-17(11-19(20)23)15-5-7-16(8-6-15)21-12-18(14(2)26-21)13-22(27)24-3/h5-13,25-27H,3-4H2,1-2H3/b22-13+. The van der Waals surface area contributed by atoms with Gasteiger partial charge < -0.3 is 15.4 Å². The summed E-state index contributed by atoms with van der Waals surface area (Å²) in [7, 11) is 0. The summed E-state index contributed by atoms with van der Waals surface area (Å²) in [6, 6.07) is 15.0. The van der Waals surface area contributed by atoms with E-state index >= 15 is 0 Å². The van der Waals surface area contributed by atoms with E-state index in [0.29, 0.717) is 12.2 Å². The van der Waals surface area contributed by atoms with Gasteiger partial charge in [0, 0.05) is 29.6 Å². The van der Waals surface area contributed by atoms with Gasteiger partial charge in [-0.15, -0.1) is 0 Å². The molecule has 0 unspecified atom stereocenters. The number of aromatic nitrogens is 1. The van der Waals surface area contributed by atoms with Crippen LogP contribution in [0.3, 0.4) is 0 Å². The van der Waals surface area contributed by atoms with Crippen molar-refractivity contribution < 1.29 is 9.50 Å². The topological polar surface area (TPSA) is 60.4 Å². The molecular formula is C22H22FN3O. The highest BCUT2D eigenvalue weighted by Crippen LogP contribution is 2.28. The number of hydrogen-bond donors (Lipinski definition) is 3. The molecule has 5 heteroatoms. The van der Waals surface area contributed by atoms with Crippen molar-refractivity contribution in [1.29, 1.82) is 0 Å². The number of nitrogens with one attached hydrogen (secondary N) is 2. The summed E-state index contributed by atoms with van der Waals surface area (Å²) in [5.74, 6) is -0.382. The first kappa shape index (κ1) is 18.5. The Morgan fingerprint density at radius 2 is 1.81 bits per heavy atom. The predicted molar refractivity (Wildman–Crippen MR) is 111 cm³/mol. The molecule has 0 saturated heterocycles. The Kier molecular flexibility index (Phi) is 5.41. The van der Waals surface area contributed by atoms with Crippen molar-refractivity contribution in [2.24, 2.45) is 4.99 Å². The molecule has 0 aliphatic carbocycles. The molecule has 3 N–H and O–H groups in total. The van der Waals surface area contributed by atoms with E-state index in [9.17, 15) is 9.50 Å². The summed E-state index contributed by atoms with van der Waals surface area (Å²) in [5, 5.41) is 12.5. The van der Waals surface area contributed by atoms with Crippen molar-refractivity contribution in [1.82, 2.24) is 4.98 Å². The van der Waals surface area contributed by atoms with Gasteiger partial charge in [0.05, 0.1) is 5.69 Å². The normalized spacial score (nSPS) is 11.4. The number of hydrogen-bond acceptors (Lipinski definition) is 3. The fourth-order valence-electron chi connectivity index (χ4n) is 2.93. The van der Waals surface area contributed by atoms with E-state index in [1.807, 2.05) is 50.2 Å². The molecule has 3 rings (SSSR count). The minimum atomic E-state index is -0.259. The molecule has 1 aromatic heterocycles. The van der Waals surface area contributed by atoms with Gasteiger partial charge in [-0.1, -0.05) is 30.3 Å². The number of benzene rings is 2.